The van der Waals surface area contributed by atoms with Gasteiger partial charge in [-0.2, -0.15) is 0 Å². The van der Waals surface area contributed by atoms with Crippen LogP contribution in [0.1, 0.15) is 0 Å². The van der Waals surface area contributed by atoms with Crippen LogP contribution in [0.2, 0.25) is 0 Å². The first-order valence-electron chi connectivity index (χ1n) is 17.6. The van der Waals surface area contributed by atoms with Crippen molar-refractivity contribution in [3.63, 3.8) is 0 Å². The van der Waals surface area contributed by atoms with Gasteiger partial charge in [0.2, 0.25) is 0 Å². The highest BCUT2D eigenvalue weighted by molar-refractivity contribution is 4.98. The summed E-state index contributed by atoms with van der Waals surface area (Å²) in [7, 11) is 0. The molecule has 328 valence electrons. The molecule has 5 aliphatic heterocycles. The second-order valence-electron chi connectivity index (χ2n) is 14.0. The number of ether oxygens (including phenoxy) is 9. The third-order valence-corrected chi connectivity index (χ3v) is 10.3. The highest BCUT2D eigenvalue weighted by Crippen LogP contribution is 2.35. The molecule has 0 aliphatic carbocycles. The van der Waals surface area contributed by atoms with E-state index in [1.165, 1.54) is 0 Å². The van der Waals surface area contributed by atoms with Crippen molar-refractivity contribution in [2.75, 3.05) is 33.0 Å². The molecule has 0 saturated carbocycles. The summed E-state index contributed by atoms with van der Waals surface area (Å²) in [6, 6.07) is 0. The maximum Gasteiger partial charge on any atom is 0.189 e. The van der Waals surface area contributed by atoms with Gasteiger partial charge < -0.3 is 129 Å². The maximum atomic E-state index is 11.4. The van der Waals surface area contributed by atoms with E-state index < -0.39 is 187 Å². The molecule has 5 aliphatic rings. The molecule has 0 aromatic heterocycles. The molecule has 5 fully saturated rings. The van der Waals surface area contributed by atoms with E-state index >= 15 is 0 Å². The molecule has 0 amide bonds. The zero-order valence-electron chi connectivity index (χ0n) is 29.2. The van der Waals surface area contributed by atoms with Crippen LogP contribution < -0.4 is 0 Å². The number of aliphatic hydroxyl groups excluding tert-OH is 17. The summed E-state index contributed by atoms with van der Waals surface area (Å²) < 4.78 is 49.2. The van der Waals surface area contributed by atoms with Gasteiger partial charge in [-0.3, -0.25) is 0 Å². The van der Waals surface area contributed by atoms with Crippen molar-refractivity contribution in [3.8, 4) is 0 Å². The molecule has 26 heteroatoms. The highest BCUT2D eigenvalue weighted by atomic mass is 16.8. The number of hydrogen-bond donors (Lipinski definition) is 17. The van der Waals surface area contributed by atoms with Crippen molar-refractivity contribution in [1.29, 1.82) is 0 Å². The Morgan fingerprint density at radius 1 is 0.250 bits per heavy atom. The number of rotatable bonds is 13. The molecular weight excluding hydrogens is 776 g/mol. The minimum atomic E-state index is -2.17. The summed E-state index contributed by atoms with van der Waals surface area (Å²) in [5.74, 6) is 0. The molecule has 5 saturated heterocycles. The van der Waals surface area contributed by atoms with Crippen LogP contribution in [-0.2, 0) is 42.6 Å². The fourth-order valence-corrected chi connectivity index (χ4v) is 6.94. The zero-order valence-corrected chi connectivity index (χ0v) is 29.2. The van der Waals surface area contributed by atoms with Crippen molar-refractivity contribution >= 4 is 0 Å². The van der Waals surface area contributed by atoms with Gasteiger partial charge in [-0.1, -0.05) is 0 Å². The normalized spacial score (nSPS) is 53.2. The van der Waals surface area contributed by atoms with Crippen LogP contribution >= 0.6 is 0 Å². The summed E-state index contributed by atoms with van der Waals surface area (Å²) in [6.45, 7) is -4.57. The van der Waals surface area contributed by atoms with Crippen molar-refractivity contribution in [2.24, 2.45) is 0 Å². The predicted octanol–water partition coefficient (Wildman–Crippen LogP) is -11.9. The Balaban J connectivity index is 1.33. The van der Waals surface area contributed by atoms with E-state index in [0.29, 0.717) is 0 Å². The molecule has 0 aromatic rings. The van der Waals surface area contributed by atoms with Gasteiger partial charge in [-0.15, -0.1) is 0 Å². The fourth-order valence-electron chi connectivity index (χ4n) is 6.94. The molecule has 0 bridgehead atoms. The average Bonchev–Trinajstić information content (AvgIpc) is 3.19. The van der Waals surface area contributed by atoms with E-state index in [1.807, 2.05) is 0 Å². The fraction of sp³-hybridized carbons (Fsp3) is 1.00. The average molecular weight is 829 g/mol. The van der Waals surface area contributed by atoms with Crippen LogP contribution in [0.25, 0.3) is 0 Å². The van der Waals surface area contributed by atoms with Gasteiger partial charge in [0.05, 0.1) is 33.0 Å². The third-order valence-electron chi connectivity index (χ3n) is 10.3. The second-order valence-corrected chi connectivity index (χ2v) is 14.0. The summed E-state index contributed by atoms with van der Waals surface area (Å²) >= 11 is 0. The first-order chi connectivity index (χ1) is 26.5. The molecule has 0 spiro atoms. The molecule has 25 atom stereocenters. The lowest BCUT2D eigenvalue weighted by Crippen LogP contribution is -2.68. The van der Waals surface area contributed by atoms with E-state index in [4.69, 9.17) is 42.6 Å². The van der Waals surface area contributed by atoms with Gasteiger partial charge in [0, 0.05) is 0 Å². The van der Waals surface area contributed by atoms with E-state index in [2.05, 4.69) is 0 Å². The summed E-state index contributed by atoms with van der Waals surface area (Å²) in [4.78, 5) is 0. The molecule has 26 nitrogen and oxygen atoms in total. The lowest BCUT2D eigenvalue weighted by Gasteiger charge is -2.49. The Hall–Kier alpha value is -1.04. The maximum absolute atomic E-state index is 11.4. The first kappa shape index (κ1) is 46.0. The molecule has 0 aromatic carbocycles. The number of aliphatic hydroxyl groups is 17. The smallest absolute Gasteiger partial charge is 0.189 e. The Morgan fingerprint density at radius 3 is 0.732 bits per heavy atom. The second kappa shape index (κ2) is 19.6. The van der Waals surface area contributed by atoms with E-state index in [0.717, 1.165) is 0 Å². The molecule has 5 rings (SSSR count). The molecular formula is C30H52O26. The zero-order chi connectivity index (χ0) is 41.3. The van der Waals surface area contributed by atoms with Crippen molar-refractivity contribution in [2.45, 2.75) is 154 Å². The van der Waals surface area contributed by atoms with Crippen molar-refractivity contribution in [3.05, 3.63) is 0 Å². The summed E-state index contributed by atoms with van der Waals surface area (Å²) in [5.41, 5.74) is 0. The predicted molar refractivity (Wildman–Crippen MR) is 167 cm³/mol. The van der Waals surface area contributed by atoms with E-state index in [9.17, 15) is 86.8 Å². The molecule has 0 unspecified atom stereocenters. The first-order valence-corrected chi connectivity index (χ1v) is 17.6. The largest absolute Gasteiger partial charge is 0.394 e. The Labute approximate surface area is 316 Å². The van der Waals surface area contributed by atoms with Crippen LogP contribution in [0.15, 0.2) is 0 Å². The number of hydrogen-bond acceptors (Lipinski definition) is 26. The Kier molecular flexibility index (Phi) is 16.1. The van der Waals surface area contributed by atoms with Gasteiger partial charge in [0.1, 0.15) is 122 Å². The lowest BCUT2D eigenvalue weighted by molar-refractivity contribution is -0.401. The van der Waals surface area contributed by atoms with Crippen LogP contribution in [0.4, 0.5) is 0 Å². The Bertz CT molecular complexity index is 1200. The minimum absolute atomic E-state index is 0.837. The summed E-state index contributed by atoms with van der Waals surface area (Å²) in [6.07, 6.45) is -47.0. The van der Waals surface area contributed by atoms with Gasteiger partial charge >= 0.3 is 0 Å². The SMILES string of the molecule is OC[C@H]1O[C@@H](O[C@H]2[C@@H](O)[C@@H](CO)O[C@@H](O[C@H]3[C@@H](O)[C@@H](CO)O[C@H](O[C@H]4[C@@H](O)[C@@H](CO)O[C@H](O[C@H]5O[C@H](CO)[C@@H](O)[C@H](O)[C@H]5O)[C@@H]4O)[C@@H]3O)[C@@H]2O)[C@H](O)[C@@H](O)[C@H]1O. The van der Waals surface area contributed by atoms with Crippen LogP contribution in [0.3, 0.4) is 0 Å². The van der Waals surface area contributed by atoms with Crippen LogP contribution in [0, 0.1) is 0 Å². The highest BCUT2D eigenvalue weighted by Gasteiger charge is 2.56. The van der Waals surface area contributed by atoms with Crippen molar-refractivity contribution in [1.82, 2.24) is 0 Å². The standard InChI is InChI=1S/C30H52O26/c31-1-6-11(36)16(41)18(43)26(48-6)53-23-13(38)8(3-33)50-28(20(23)45)54-24-14(39)9(4-34)51-29(21(24)46)55-25-15(40)10(5-35)52-30(22(25)47)56-27-19(44)17(42)12(37)7(2-32)49-27/h6-47H,1-5H2/t6-,7-,8-,9-,10-,11+,12-,13+,14+,15+,16+,17+,18-,19-,20-,21-,22-,23+,24+,25+,26+,27-,28+,29-,30-/m1/s1. The van der Waals surface area contributed by atoms with E-state index in [1.54, 1.807) is 0 Å². The monoisotopic (exact) mass is 828 g/mol. The third kappa shape index (κ3) is 9.16. The summed E-state index contributed by atoms with van der Waals surface area (Å²) in [5, 5.41) is 177. The van der Waals surface area contributed by atoms with Gasteiger partial charge in [-0.05, 0) is 0 Å². The molecule has 5 heterocycles. The van der Waals surface area contributed by atoms with Crippen molar-refractivity contribution < 1.29 is 129 Å². The quantitative estimate of drug-likeness (QED) is 0.0819. The van der Waals surface area contributed by atoms with Crippen LogP contribution in [0.5, 0.6) is 0 Å². The van der Waals surface area contributed by atoms with Gasteiger partial charge in [-0.25, -0.2) is 0 Å². The molecule has 0 radical (unpaired) electrons. The molecule has 56 heavy (non-hydrogen) atoms. The van der Waals surface area contributed by atoms with Crippen LogP contribution in [-0.4, -0.2) is 273 Å². The van der Waals surface area contributed by atoms with Gasteiger partial charge in [0.25, 0.3) is 0 Å². The Morgan fingerprint density at radius 2 is 0.464 bits per heavy atom. The minimum Gasteiger partial charge on any atom is -0.394 e. The topological polar surface area (TPSA) is 427 Å². The lowest BCUT2D eigenvalue weighted by atomic mass is 9.95. The molecule has 17 N–H and O–H groups in total. The van der Waals surface area contributed by atoms with E-state index in [-0.39, 0.29) is 0 Å². The van der Waals surface area contributed by atoms with Gasteiger partial charge in [0.15, 0.2) is 31.5 Å².